The lowest BCUT2D eigenvalue weighted by molar-refractivity contribution is -0.137. The number of alkyl halides is 3. The molecular formula is C24H22ClF3N4O2. The van der Waals surface area contributed by atoms with Crippen LogP contribution in [0.1, 0.15) is 18.4 Å². The number of rotatable bonds is 5. The summed E-state index contributed by atoms with van der Waals surface area (Å²) < 4.78 is 44.3. The number of anilines is 2. The molecular weight excluding hydrogens is 469 g/mol. The molecule has 0 unspecified atom stereocenters. The van der Waals surface area contributed by atoms with Crippen LogP contribution in [0.3, 0.4) is 0 Å². The van der Waals surface area contributed by atoms with Crippen LogP contribution >= 0.6 is 11.6 Å². The van der Waals surface area contributed by atoms with Crippen LogP contribution in [0, 0.1) is 5.92 Å². The SMILES string of the molecule is COc1ccc(C(F)(F)F)cc1NC(=O)C1CCN(c2ccc(-c3ccc(Cl)cc3)nn2)CC1. The molecule has 6 nitrogen and oxygen atoms in total. The number of halogens is 4. The zero-order valence-corrected chi connectivity index (χ0v) is 19.0. The Morgan fingerprint density at radius 2 is 1.76 bits per heavy atom. The largest absolute Gasteiger partial charge is 0.495 e. The second kappa shape index (κ2) is 9.89. The number of methoxy groups -OCH3 is 1. The summed E-state index contributed by atoms with van der Waals surface area (Å²) in [4.78, 5) is 14.8. The van der Waals surface area contributed by atoms with Gasteiger partial charge in [0.25, 0.3) is 0 Å². The molecule has 1 aliphatic heterocycles. The third kappa shape index (κ3) is 5.41. The standard InChI is InChI=1S/C24H22ClF3N4O2/c1-34-21-8-4-17(24(26,27)28)14-20(21)29-23(33)16-10-12-32(13-11-16)22-9-7-19(30-31-22)15-2-5-18(25)6-3-15/h2-9,14,16H,10-13H2,1H3,(H,29,33). The third-order valence-corrected chi connectivity index (χ3v) is 6.02. The molecule has 4 rings (SSSR count). The van der Waals surface area contributed by atoms with Gasteiger partial charge in [0, 0.05) is 29.6 Å². The number of benzene rings is 2. The second-order valence-corrected chi connectivity index (χ2v) is 8.38. The third-order valence-electron chi connectivity index (χ3n) is 5.76. The van der Waals surface area contributed by atoms with Gasteiger partial charge < -0.3 is 15.0 Å². The van der Waals surface area contributed by atoms with Crippen molar-refractivity contribution in [3.8, 4) is 17.0 Å². The van der Waals surface area contributed by atoms with E-state index in [-0.39, 0.29) is 23.3 Å². The number of nitrogens with one attached hydrogen (secondary N) is 1. The van der Waals surface area contributed by atoms with Gasteiger partial charge in [0.15, 0.2) is 5.82 Å². The van der Waals surface area contributed by atoms with Crippen molar-refractivity contribution in [2.75, 3.05) is 30.4 Å². The number of nitrogens with zero attached hydrogens (tertiary/aromatic N) is 3. The predicted octanol–water partition coefficient (Wildman–Crippen LogP) is 5.68. The van der Waals surface area contributed by atoms with Crippen LogP contribution in [0.25, 0.3) is 11.3 Å². The van der Waals surface area contributed by atoms with Gasteiger partial charge in [0.1, 0.15) is 5.75 Å². The van der Waals surface area contributed by atoms with Crippen molar-refractivity contribution >= 4 is 29.0 Å². The van der Waals surface area contributed by atoms with Gasteiger partial charge in [-0.3, -0.25) is 4.79 Å². The number of piperidine rings is 1. The molecule has 1 N–H and O–H groups in total. The highest BCUT2D eigenvalue weighted by Crippen LogP contribution is 2.35. The van der Waals surface area contributed by atoms with Crippen molar-refractivity contribution < 1.29 is 22.7 Å². The minimum absolute atomic E-state index is 0.00779. The van der Waals surface area contributed by atoms with Crippen LogP contribution in [0.2, 0.25) is 5.02 Å². The minimum Gasteiger partial charge on any atom is -0.495 e. The van der Waals surface area contributed by atoms with Crippen LogP contribution in [0.5, 0.6) is 5.75 Å². The van der Waals surface area contributed by atoms with Crippen LogP contribution in [-0.4, -0.2) is 36.3 Å². The zero-order valence-electron chi connectivity index (χ0n) is 18.3. The Hall–Kier alpha value is -3.33. The summed E-state index contributed by atoms with van der Waals surface area (Å²) in [7, 11) is 1.34. The second-order valence-electron chi connectivity index (χ2n) is 7.95. The van der Waals surface area contributed by atoms with E-state index in [0.29, 0.717) is 36.8 Å². The fraction of sp³-hybridized carbons (Fsp3) is 0.292. The molecule has 0 bridgehead atoms. The number of hydrogen-bond acceptors (Lipinski definition) is 5. The molecule has 0 aliphatic carbocycles. The number of carbonyl (C=O) groups is 1. The Morgan fingerprint density at radius 1 is 1.06 bits per heavy atom. The highest BCUT2D eigenvalue weighted by Gasteiger charge is 2.32. The van der Waals surface area contributed by atoms with Crippen LogP contribution in [-0.2, 0) is 11.0 Å². The molecule has 2 heterocycles. The molecule has 34 heavy (non-hydrogen) atoms. The number of carbonyl (C=O) groups excluding carboxylic acids is 1. The minimum atomic E-state index is -4.51. The Kier molecular flexibility index (Phi) is 6.92. The Balaban J connectivity index is 1.37. The van der Waals surface area contributed by atoms with Gasteiger partial charge in [-0.2, -0.15) is 13.2 Å². The van der Waals surface area contributed by atoms with E-state index in [9.17, 15) is 18.0 Å². The average Bonchev–Trinajstić information content (AvgIpc) is 2.84. The van der Waals surface area contributed by atoms with Crippen molar-refractivity contribution in [3.05, 3.63) is 65.2 Å². The zero-order chi connectivity index (χ0) is 24.3. The summed E-state index contributed by atoms with van der Waals surface area (Å²) in [5.74, 6) is 0.212. The van der Waals surface area contributed by atoms with E-state index in [4.69, 9.17) is 16.3 Å². The molecule has 1 fully saturated rings. The van der Waals surface area contributed by atoms with E-state index in [1.165, 1.54) is 13.2 Å². The summed E-state index contributed by atoms with van der Waals surface area (Å²) in [6.45, 7) is 1.15. The van der Waals surface area contributed by atoms with Crippen molar-refractivity contribution in [1.82, 2.24) is 10.2 Å². The van der Waals surface area contributed by atoms with Gasteiger partial charge in [-0.25, -0.2) is 0 Å². The van der Waals surface area contributed by atoms with Gasteiger partial charge >= 0.3 is 6.18 Å². The Labute approximate surface area is 199 Å². The van der Waals surface area contributed by atoms with E-state index in [1.54, 1.807) is 12.1 Å². The molecule has 1 aliphatic rings. The maximum absolute atomic E-state index is 13.1. The monoisotopic (exact) mass is 490 g/mol. The molecule has 0 atom stereocenters. The quantitative estimate of drug-likeness (QED) is 0.498. The number of ether oxygens (including phenoxy) is 1. The van der Waals surface area contributed by atoms with Crippen LogP contribution in [0.15, 0.2) is 54.6 Å². The number of amides is 1. The van der Waals surface area contributed by atoms with Gasteiger partial charge in [-0.15, -0.1) is 10.2 Å². The first-order valence-corrected chi connectivity index (χ1v) is 11.0. The van der Waals surface area contributed by atoms with Crippen LogP contribution in [0.4, 0.5) is 24.7 Å². The molecule has 2 aromatic carbocycles. The summed E-state index contributed by atoms with van der Waals surface area (Å²) in [6, 6.07) is 14.1. The molecule has 0 radical (unpaired) electrons. The fourth-order valence-electron chi connectivity index (χ4n) is 3.86. The molecule has 1 aromatic heterocycles. The van der Waals surface area contributed by atoms with Crippen molar-refractivity contribution in [2.24, 2.45) is 5.92 Å². The molecule has 0 spiro atoms. The van der Waals surface area contributed by atoms with E-state index >= 15 is 0 Å². The molecule has 10 heteroatoms. The summed E-state index contributed by atoms with van der Waals surface area (Å²) in [5, 5.41) is 11.9. The fourth-order valence-corrected chi connectivity index (χ4v) is 3.98. The van der Waals surface area contributed by atoms with Crippen molar-refractivity contribution in [1.29, 1.82) is 0 Å². The lowest BCUT2D eigenvalue weighted by atomic mass is 9.95. The van der Waals surface area contributed by atoms with Crippen molar-refractivity contribution in [3.63, 3.8) is 0 Å². The summed E-state index contributed by atoms with van der Waals surface area (Å²) >= 11 is 5.92. The topological polar surface area (TPSA) is 67.3 Å². The van der Waals surface area contributed by atoms with E-state index < -0.39 is 11.7 Å². The first-order valence-electron chi connectivity index (χ1n) is 10.7. The predicted molar refractivity (Wildman–Crippen MR) is 124 cm³/mol. The van der Waals surface area contributed by atoms with Gasteiger partial charge in [-0.05, 0) is 55.3 Å². The van der Waals surface area contributed by atoms with E-state index in [1.807, 2.05) is 29.2 Å². The van der Waals surface area contributed by atoms with Gasteiger partial charge in [0.05, 0.1) is 24.1 Å². The van der Waals surface area contributed by atoms with E-state index in [2.05, 4.69) is 15.5 Å². The first-order chi connectivity index (χ1) is 16.2. The smallest absolute Gasteiger partial charge is 0.416 e. The first kappa shape index (κ1) is 23.8. The molecule has 1 amide bonds. The van der Waals surface area contributed by atoms with Crippen LogP contribution < -0.4 is 15.0 Å². The Bertz CT molecular complexity index is 1150. The Morgan fingerprint density at radius 3 is 2.35 bits per heavy atom. The highest BCUT2D eigenvalue weighted by molar-refractivity contribution is 6.30. The van der Waals surface area contributed by atoms with Gasteiger partial charge in [-0.1, -0.05) is 23.7 Å². The number of aromatic nitrogens is 2. The number of hydrogen-bond donors (Lipinski definition) is 1. The molecule has 3 aromatic rings. The van der Waals surface area contributed by atoms with Crippen molar-refractivity contribution in [2.45, 2.75) is 19.0 Å². The molecule has 0 saturated carbocycles. The molecule has 178 valence electrons. The lowest BCUT2D eigenvalue weighted by Gasteiger charge is -2.32. The van der Waals surface area contributed by atoms with E-state index in [0.717, 1.165) is 23.4 Å². The molecule has 1 saturated heterocycles. The highest BCUT2D eigenvalue weighted by atomic mass is 35.5. The maximum atomic E-state index is 13.1. The maximum Gasteiger partial charge on any atom is 0.416 e. The average molecular weight is 491 g/mol. The lowest BCUT2D eigenvalue weighted by Crippen LogP contribution is -2.38. The summed E-state index contributed by atoms with van der Waals surface area (Å²) in [6.07, 6.45) is -3.44. The normalized spacial score (nSPS) is 14.7. The van der Waals surface area contributed by atoms with Gasteiger partial charge in [0.2, 0.25) is 5.91 Å². The summed E-state index contributed by atoms with van der Waals surface area (Å²) in [5.41, 5.74) is 0.793.